The Balaban J connectivity index is 1.48. The molecule has 6 amide bonds. The minimum atomic E-state index is -1.31. The fourth-order valence-electron chi connectivity index (χ4n) is 6.55. The first-order valence-electron chi connectivity index (χ1n) is 17.1. The van der Waals surface area contributed by atoms with Gasteiger partial charge in [0.15, 0.2) is 6.61 Å². The first-order valence-corrected chi connectivity index (χ1v) is 17.1. The Bertz CT molecular complexity index is 1570. The van der Waals surface area contributed by atoms with Crippen molar-refractivity contribution < 1.29 is 38.6 Å². The van der Waals surface area contributed by atoms with Crippen LogP contribution >= 0.6 is 0 Å². The highest BCUT2D eigenvalue weighted by Crippen LogP contribution is 2.31. The van der Waals surface area contributed by atoms with Gasteiger partial charge in [0.25, 0.3) is 5.91 Å². The van der Waals surface area contributed by atoms with Gasteiger partial charge in [0, 0.05) is 38.4 Å². The van der Waals surface area contributed by atoms with Gasteiger partial charge in [-0.3, -0.25) is 28.8 Å². The number of fused-ring (bicyclic) bond motifs is 4. The van der Waals surface area contributed by atoms with Crippen LogP contribution in [0.1, 0.15) is 50.2 Å². The summed E-state index contributed by atoms with van der Waals surface area (Å²) in [6, 6.07) is 12.6. The smallest absolute Gasteiger partial charge is 0.258 e. The number of nitrogens with one attached hydrogen (secondary N) is 4. The second-order valence-electron chi connectivity index (χ2n) is 13.5. The molecule has 0 saturated carbocycles. The molecule has 5 N–H and O–H groups in total. The van der Waals surface area contributed by atoms with Crippen LogP contribution in [0.2, 0.25) is 0 Å². The molecule has 0 unspecified atom stereocenters. The molecular weight excluding hydrogens is 644 g/mol. The van der Waals surface area contributed by atoms with Crippen molar-refractivity contribution in [2.24, 2.45) is 5.92 Å². The van der Waals surface area contributed by atoms with Gasteiger partial charge < -0.3 is 40.9 Å². The van der Waals surface area contributed by atoms with E-state index in [1.54, 1.807) is 23.1 Å². The van der Waals surface area contributed by atoms with Crippen LogP contribution in [0.15, 0.2) is 54.6 Å². The maximum absolute atomic E-state index is 14.1. The van der Waals surface area contributed by atoms with Gasteiger partial charge in [-0.15, -0.1) is 0 Å². The zero-order valence-corrected chi connectivity index (χ0v) is 28.4. The summed E-state index contributed by atoms with van der Waals surface area (Å²) in [6.45, 7) is 3.00. The van der Waals surface area contributed by atoms with E-state index in [2.05, 4.69) is 21.3 Å². The van der Waals surface area contributed by atoms with E-state index in [-0.39, 0.29) is 56.1 Å². The van der Waals surface area contributed by atoms with Gasteiger partial charge >= 0.3 is 0 Å². The molecule has 0 aliphatic carbocycles. The van der Waals surface area contributed by atoms with Crippen molar-refractivity contribution in [3.05, 3.63) is 65.7 Å². The molecule has 5 rings (SSSR count). The number of carbonyl (C=O) groups is 6. The molecule has 3 aliphatic rings. The number of carbonyl (C=O) groups excluding carboxylic acids is 6. The van der Waals surface area contributed by atoms with E-state index in [9.17, 15) is 33.9 Å². The number of ether oxygens (including phenoxy) is 1. The summed E-state index contributed by atoms with van der Waals surface area (Å²) in [7, 11) is 0. The fourth-order valence-corrected chi connectivity index (χ4v) is 6.55. The van der Waals surface area contributed by atoms with Crippen molar-refractivity contribution in [2.45, 2.75) is 69.6 Å². The van der Waals surface area contributed by atoms with Crippen molar-refractivity contribution in [3.63, 3.8) is 0 Å². The predicted molar refractivity (Wildman–Crippen MR) is 181 cm³/mol. The summed E-state index contributed by atoms with van der Waals surface area (Å²) in [4.78, 5) is 82.5. The molecule has 2 bridgehead atoms. The molecule has 2 aromatic carbocycles. The molecular formula is C36H46N6O8. The fraction of sp³-hybridized carbons (Fsp3) is 0.500. The van der Waals surface area contributed by atoms with Crippen LogP contribution in [0, 0.1) is 5.92 Å². The second kappa shape index (κ2) is 16.6. The Kier molecular flexibility index (Phi) is 12.1. The molecule has 14 nitrogen and oxygen atoms in total. The summed E-state index contributed by atoms with van der Waals surface area (Å²) >= 11 is 0. The van der Waals surface area contributed by atoms with Crippen LogP contribution in [-0.2, 0) is 35.2 Å². The summed E-state index contributed by atoms with van der Waals surface area (Å²) in [5.41, 5.74) is 1.54. The van der Waals surface area contributed by atoms with Crippen molar-refractivity contribution in [1.29, 1.82) is 0 Å². The van der Waals surface area contributed by atoms with Crippen LogP contribution in [0.4, 0.5) is 0 Å². The molecule has 2 aromatic rings. The average Bonchev–Trinajstić information content (AvgIpc) is 3.73. The average molecular weight is 691 g/mol. The van der Waals surface area contributed by atoms with E-state index in [1.807, 2.05) is 50.2 Å². The largest absolute Gasteiger partial charge is 0.484 e. The number of aliphatic hydroxyl groups is 1. The normalized spacial score (nSPS) is 25.1. The maximum atomic E-state index is 14.1. The summed E-state index contributed by atoms with van der Waals surface area (Å²) < 4.78 is 5.78. The van der Waals surface area contributed by atoms with E-state index in [4.69, 9.17) is 4.74 Å². The Morgan fingerprint density at radius 2 is 1.66 bits per heavy atom. The number of aliphatic hydroxyl groups excluding tert-OH is 1. The standard InChI is InChI=1S/C36H46N6O8/c1-22(2)13-14-41-19-32(45)38-28(15-23-7-4-3-5-8-23)34(47)40-29-18-42(35(48)27-11-12-31(44)37-27)17-26(29)24-9-6-10-25(16-24)50-21-33(46)39-30(20-43)36(41)49/h3-10,16,22,26-30,43H,11-15,17-21H2,1-2H3,(H,37,44)(H,38,45)(H,39,46)(H,40,47)/t26-,27-,28-,29+,30-/m0/s1. The summed E-state index contributed by atoms with van der Waals surface area (Å²) in [5, 5.41) is 21.2. The van der Waals surface area contributed by atoms with Crippen LogP contribution in [0.3, 0.4) is 0 Å². The third-order valence-corrected chi connectivity index (χ3v) is 9.28. The van der Waals surface area contributed by atoms with E-state index in [0.29, 0.717) is 18.6 Å². The first kappa shape index (κ1) is 36.3. The highest BCUT2D eigenvalue weighted by atomic mass is 16.5. The van der Waals surface area contributed by atoms with Gasteiger partial charge in [0.1, 0.15) is 23.9 Å². The maximum Gasteiger partial charge on any atom is 0.258 e. The van der Waals surface area contributed by atoms with Gasteiger partial charge in [-0.1, -0.05) is 56.3 Å². The number of amides is 6. The lowest BCUT2D eigenvalue weighted by molar-refractivity contribution is -0.141. The number of nitrogens with zero attached hydrogens (tertiary/aromatic N) is 2. The molecule has 2 fully saturated rings. The molecule has 50 heavy (non-hydrogen) atoms. The van der Waals surface area contributed by atoms with E-state index >= 15 is 0 Å². The molecule has 3 heterocycles. The monoisotopic (exact) mass is 690 g/mol. The highest BCUT2D eigenvalue weighted by molar-refractivity contribution is 5.93. The molecule has 0 spiro atoms. The van der Waals surface area contributed by atoms with Crippen molar-refractivity contribution in [1.82, 2.24) is 31.1 Å². The third kappa shape index (κ3) is 9.37. The lowest BCUT2D eigenvalue weighted by Gasteiger charge is -2.29. The quantitative estimate of drug-likeness (QED) is 0.265. The second-order valence-corrected chi connectivity index (χ2v) is 13.5. The van der Waals surface area contributed by atoms with Crippen molar-refractivity contribution in [3.8, 4) is 5.75 Å². The number of benzene rings is 2. The van der Waals surface area contributed by atoms with Gasteiger partial charge in [-0.2, -0.15) is 0 Å². The zero-order valence-electron chi connectivity index (χ0n) is 28.4. The lowest BCUT2D eigenvalue weighted by atomic mass is 9.93. The topological polar surface area (TPSA) is 186 Å². The minimum Gasteiger partial charge on any atom is -0.484 e. The molecule has 3 aliphatic heterocycles. The summed E-state index contributed by atoms with van der Waals surface area (Å²) in [6.07, 6.45) is 1.37. The van der Waals surface area contributed by atoms with Crippen LogP contribution in [-0.4, -0.2) is 114 Å². The molecule has 268 valence electrons. The summed E-state index contributed by atoms with van der Waals surface area (Å²) in [5.74, 6) is -2.58. The highest BCUT2D eigenvalue weighted by Gasteiger charge is 2.41. The van der Waals surface area contributed by atoms with Crippen molar-refractivity contribution in [2.75, 3.05) is 39.4 Å². The molecule has 5 atom stereocenters. The lowest BCUT2D eigenvalue weighted by Crippen LogP contribution is -2.56. The number of likely N-dealkylation sites (tertiary alicyclic amines) is 1. The molecule has 0 aromatic heterocycles. The molecule has 2 saturated heterocycles. The molecule has 0 radical (unpaired) electrons. The van der Waals surface area contributed by atoms with Crippen LogP contribution < -0.4 is 26.0 Å². The van der Waals surface area contributed by atoms with E-state index in [1.165, 1.54) is 4.90 Å². The van der Waals surface area contributed by atoms with Gasteiger partial charge in [0.05, 0.1) is 19.2 Å². The number of rotatable bonds is 7. The number of hydrogen-bond acceptors (Lipinski definition) is 8. The Morgan fingerprint density at radius 1 is 0.900 bits per heavy atom. The van der Waals surface area contributed by atoms with E-state index in [0.717, 1.165) is 11.1 Å². The Labute approximate surface area is 291 Å². The third-order valence-electron chi connectivity index (χ3n) is 9.28. The Morgan fingerprint density at radius 3 is 2.36 bits per heavy atom. The Hall–Kier alpha value is -4.98. The van der Waals surface area contributed by atoms with Crippen LogP contribution in [0.25, 0.3) is 0 Å². The predicted octanol–water partition coefficient (Wildman–Crippen LogP) is -0.152. The first-order chi connectivity index (χ1) is 24.0. The SMILES string of the molecule is CC(C)CCN1CC(=O)N[C@@H](Cc2ccccc2)C(=O)N[C@@H]2CN(C(=O)[C@@H]3CCC(=O)N3)C[C@H]2c2cccc(c2)OCC(=O)N[C@@H](CO)C1=O. The molecule has 14 heteroatoms. The van der Waals surface area contributed by atoms with Gasteiger partial charge in [-0.05, 0) is 42.0 Å². The van der Waals surface area contributed by atoms with Crippen molar-refractivity contribution >= 4 is 35.4 Å². The zero-order chi connectivity index (χ0) is 35.8. The number of hydrogen-bond donors (Lipinski definition) is 5. The van der Waals surface area contributed by atoms with Gasteiger partial charge in [0.2, 0.25) is 29.5 Å². The van der Waals surface area contributed by atoms with E-state index < -0.39 is 67.6 Å². The van der Waals surface area contributed by atoms with Crippen LogP contribution in [0.5, 0.6) is 5.75 Å². The minimum absolute atomic E-state index is 0.158. The van der Waals surface area contributed by atoms with Gasteiger partial charge in [-0.25, -0.2) is 0 Å².